The Labute approximate surface area is 72.4 Å². The van der Waals surface area contributed by atoms with Crippen LogP contribution < -0.4 is 0 Å². The molecule has 0 unspecified atom stereocenters. The Balaban J connectivity index is 1.84. The van der Waals surface area contributed by atoms with Crippen LogP contribution in [0.4, 0.5) is 0 Å². The molecular weight excluding hydrogens is 154 g/mol. The molecule has 1 N–H and O–H groups in total. The number of likely N-dealkylation sites (tertiary alicyclic amines) is 1. The summed E-state index contributed by atoms with van der Waals surface area (Å²) in [6, 6.07) is 0.717. The van der Waals surface area contributed by atoms with Crippen molar-refractivity contribution in [3.8, 4) is 0 Å². The van der Waals surface area contributed by atoms with Crippen LogP contribution in [-0.2, 0) is 4.79 Å². The summed E-state index contributed by atoms with van der Waals surface area (Å²) in [5.41, 5.74) is 0. The van der Waals surface area contributed by atoms with Gasteiger partial charge in [-0.1, -0.05) is 6.42 Å². The molecule has 68 valence electrons. The van der Waals surface area contributed by atoms with Gasteiger partial charge in [-0.25, -0.2) is 0 Å². The molecule has 1 aliphatic carbocycles. The molecule has 3 heteroatoms. The van der Waals surface area contributed by atoms with Crippen LogP contribution in [0.2, 0.25) is 0 Å². The highest BCUT2D eigenvalue weighted by molar-refractivity contribution is 5.70. The summed E-state index contributed by atoms with van der Waals surface area (Å²) in [7, 11) is 0. The van der Waals surface area contributed by atoms with Gasteiger partial charge in [-0.2, -0.15) is 0 Å². The SMILES string of the molecule is O=C(O)[C@H]1CCN(C2CCC2)C1. The summed E-state index contributed by atoms with van der Waals surface area (Å²) in [6.07, 6.45) is 4.75. The number of rotatable bonds is 2. The fraction of sp³-hybridized carbons (Fsp3) is 0.889. The van der Waals surface area contributed by atoms with Gasteiger partial charge in [-0.05, 0) is 25.8 Å². The number of hydrogen-bond donors (Lipinski definition) is 1. The van der Waals surface area contributed by atoms with Gasteiger partial charge in [0.2, 0.25) is 0 Å². The molecule has 0 aromatic rings. The molecule has 0 amide bonds. The summed E-state index contributed by atoms with van der Waals surface area (Å²) in [5.74, 6) is -0.706. The Hall–Kier alpha value is -0.570. The van der Waals surface area contributed by atoms with Crippen molar-refractivity contribution in [1.82, 2.24) is 4.90 Å². The zero-order chi connectivity index (χ0) is 8.55. The van der Waals surface area contributed by atoms with Crippen LogP contribution in [0.1, 0.15) is 25.7 Å². The van der Waals surface area contributed by atoms with E-state index in [1.54, 1.807) is 0 Å². The normalized spacial score (nSPS) is 31.8. The van der Waals surface area contributed by atoms with Crippen molar-refractivity contribution < 1.29 is 9.90 Å². The first-order chi connectivity index (χ1) is 5.77. The predicted octanol–water partition coefficient (Wildman–Crippen LogP) is 0.945. The van der Waals surface area contributed by atoms with Crippen molar-refractivity contribution >= 4 is 5.97 Å². The molecular formula is C9H15NO2. The van der Waals surface area contributed by atoms with Crippen LogP contribution in [0.5, 0.6) is 0 Å². The Morgan fingerprint density at radius 2 is 2.08 bits per heavy atom. The second-order valence-corrected chi connectivity index (χ2v) is 3.90. The average Bonchev–Trinajstić information content (AvgIpc) is 2.32. The molecule has 12 heavy (non-hydrogen) atoms. The summed E-state index contributed by atoms with van der Waals surface area (Å²) < 4.78 is 0. The minimum absolute atomic E-state index is 0.0920. The van der Waals surface area contributed by atoms with E-state index in [1.807, 2.05) is 0 Å². The van der Waals surface area contributed by atoms with Crippen LogP contribution >= 0.6 is 0 Å². The standard InChI is InChI=1S/C9H15NO2/c11-9(12)7-4-5-10(6-7)8-2-1-3-8/h7-8H,1-6H2,(H,11,12)/t7-/m0/s1. The second-order valence-electron chi connectivity index (χ2n) is 3.90. The minimum atomic E-state index is -0.614. The van der Waals surface area contributed by atoms with Gasteiger partial charge in [0.25, 0.3) is 0 Å². The first-order valence-corrected chi connectivity index (χ1v) is 4.74. The van der Waals surface area contributed by atoms with Crippen LogP contribution in [0, 0.1) is 5.92 Å². The van der Waals surface area contributed by atoms with Gasteiger partial charge in [0.05, 0.1) is 5.92 Å². The molecule has 0 spiro atoms. The van der Waals surface area contributed by atoms with Gasteiger partial charge in [0, 0.05) is 12.6 Å². The number of carboxylic acid groups (broad SMARTS) is 1. The zero-order valence-corrected chi connectivity index (χ0v) is 7.20. The van der Waals surface area contributed by atoms with Gasteiger partial charge < -0.3 is 5.11 Å². The lowest BCUT2D eigenvalue weighted by Gasteiger charge is -2.34. The largest absolute Gasteiger partial charge is 0.481 e. The molecule has 1 heterocycles. The summed E-state index contributed by atoms with van der Waals surface area (Å²) in [4.78, 5) is 13.0. The molecule has 2 rings (SSSR count). The average molecular weight is 169 g/mol. The van der Waals surface area contributed by atoms with Crippen LogP contribution in [-0.4, -0.2) is 35.1 Å². The summed E-state index contributed by atoms with van der Waals surface area (Å²) >= 11 is 0. The molecule has 1 saturated heterocycles. The molecule has 0 bridgehead atoms. The molecule has 1 atom stereocenters. The van der Waals surface area contributed by atoms with E-state index in [2.05, 4.69) is 4.90 Å². The maximum absolute atomic E-state index is 10.6. The third kappa shape index (κ3) is 1.33. The second kappa shape index (κ2) is 3.05. The van der Waals surface area contributed by atoms with E-state index in [4.69, 9.17) is 5.11 Å². The number of nitrogens with zero attached hydrogens (tertiary/aromatic N) is 1. The lowest BCUT2D eigenvalue weighted by atomic mass is 9.92. The highest BCUT2D eigenvalue weighted by Gasteiger charge is 2.34. The van der Waals surface area contributed by atoms with Crippen LogP contribution in [0.25, 0.3) is 0 Å². The quantitative estimate of drug-likeness (QED) is 0.669. The molecule has 1 saturated carbocycles. The van der Waals surface area contributed by atoms with Crippen molar-refractivity contribution in [3.63, 3.8) is 0 Å². The molecule has 0 aromatic carbocycles. The number of carbonyl (C=O) groups is 1. The first kappa shape index (κ1) is 8.05. The van der Waals surface area contributed by atoms with E-state index in [-0.39, 0.29) is 5.92 Å². The number of carboxylic acids is 1. The van der Waals surface area contributed by atoms with Crippen molar-refractivity contribution in [3.05, 3.63) is 0 Å². The van der Waals surface area contributed by atoms with E-state index in [9.17, 15) is 4.79 Å². The van der Waals surface area contributed by atoms with Gasteiger partial charge in [0.1, 0.15) is 0 Å². The molecule has 3 nitrogen and oxygen atoms in total. The molecule has 0 radical (unpaired) electrons. The molecule has 2 aliphatic rings. The third-order valence-corrected chi connectivity index (χ3v) is 3.16. The topological polar surface area (TPSA) is 40.5 Å². The molecule has 1 aliphatic heterocycles. The van der Waals surface area contributed by atoms with Crippen molar-refractivity contribution in [2.75, 3.05) is 13.1 Å². The van der Waals surface area contributed by atoms with Crippen molar-refractivity contribution in [2.24, 2.45) is 5.92 Å². The smallest absolute Gasteiger partial charge is 0.307 e. The van der Waals surface area contributed by atoms with E-state index in [1.165, 1.54) is 19.3 Å². The highest BCUT2D eigenvalue weighted by Crippen LogP contribution is 2.29. The van der Waals surface area contributed by atoms with Gasteiger partial charge >= 0.3 is 5.97 Å². The first-order valence-electron chi connectivity index (χ1n) is 4.74. The van der Waals surface area contributed by atoms with Gasteiger partial charge in [-0.15, -0.1) is 0 Å². The lowest BCUT2D eigenvalue weighted by Crippen LogP contribution is -2.38. The lowest BCUT2D eigenvalue weighted by molar-refractivity contribution is -0.141. The predicted molar refractivity (Wildman–Crippen MR) is 45.0 cm³/mol. The minimum Gasteiger partial charge on any atom is -0.481 e. The maximum Gasteiger partial charge on any atom is 0.307 e. The highest BCUT2D eigenvalue weighted by atomic mass is 16.4. The van der Waals surface area contributed by atoms with Crippen molar-refractivity contribution in [2.45, 2.75) is 31.7 Å². The van der Waals surface area contributed by atoms with Crippen LogP contribution in [0.15, 0.2) is 0 Å². The Morgan fingerprint density at radius 1 is 1.33 bits per heavy atom. The number of hydrogen-bond acceptors (Lipinski definition) is 2. The monoisotopic (exact) mass is 169 g/mol. The Bertz CT molecular complexity index is 189. The van der Waals surface area contributed by atoms with Crippen molar-refractivity contribution in [1.29, 1.82) is 0 Å². The number of aliphatic carboxylic acids is 1. The van der Waals surface area contributed by atoms with E-state index in [0.717, 1.165) is 19.5 Å². The van der Waals surface area contributed by atoms with Gasteiger partial charge in [-0.3, -0.25) is 9.69 Å². The summed E-state index contributed by atoms with van der Waals surface area (Å²) in [5, 5.41) is 8.78. The fourth-order valence-electron chi connectivity index (χ4n) is 2.07. The van der Waals surface area contributed by atoms with Gasteiger partial charge in [0.15, 0.2) is 0 Å². The zero-order valence-electron chi connectivity index (χ0n) is 7.20. The fourth-order valence-corrected chi connectivity index (χ4v) is 2.07. The molecule has 2 fully saturated rings. The summed E-state index contributed by atoms with van der Waals surface area (Å²) in [6.45, 7) is 1.79. The maximum atomic E-state index is 10.6. The molecule has 0 aromatic heterocycles. The Kier molecular flexibility index (Phi) is 2.05. The van der Waals surface area contributed by atoms with Crippen LogP contribution in [0.3, 0.4) is 0 Å². The Morgan fingerprint density at radius 3 is 2.50 bits per heavy atom. The third-order valence-electron chi connectivity index (χ3n) is 3.16. The van der Waals surface area contributed by atoms with E-state index < -0.39 is 5.97 Å². The van der Waals surface area contributed by atoms with E-state index in [0.29, 0.717) is 6.04 Å². The van der Waals surface area contributed by atoms with E-state index >= 15 is 0 Å².